The molecular weight excluding hydrogens is 312 g/mol. The number of aryl methyl sites for hydroxylation is 1. The largest absolute Gasteiger partial charge is 0.337 e. The van der Waals surface area contributed by atoms with E-state index in [0.29, 0.717) is 22.4 Å². The Hall–Kier alpha value is -1.73. The molecule has 0 bridgehead atoms. The summed E-state index contributed by atoms with van der Waals surface area (Å²) in [5.41, 5.74) is 0.339. The van der Waals surface area contributed by atoms with Crippen LogP contribution in [0.2, 0.25) is 5.02 Å². The van der Waals surface area contributed by atoms with Gasteiger partial charge in [0.2, 0.25) is 0 Å². The third kappa shape index (κ3) is 3.30. The van der Waals surface area contributed by atoms with Crippen LogP contribution in [0, 0.1) is 6.92 Å². The molecule has 6 nitrogen and oxygen atoms in total. The number of pyridine rings is 1. The van der Waals surface area contributed by atoms with Crippen molar-refractivity contribution in [1.29, 1.82) is 0 Å². The Labute approximate surface area is 128 Å². The maximum Gasteiger partial charge on any atom is 0.200 e. The summed E-state index contributed by atoms with van der Waals surface area (Å²) in [5, 5.41) is 2.63. The number of hydrogen-bond acceptors (Lipinski definition) is 6. The maximum absolute atomic E-state index is 12.3. The smallest absolute Gasteiger partial charge is 0.200 e. The Bertz CT molecular complexity index is 763. The number of anilines is 2. The monoisotopic (exact) mass is 326 g/mol. The molecule has 2 rings (SSSR count). The second-order valence-electron chi connectivity index (χ2n) is 4.69. The molecule has 0 aromatic carbocycles. The number of nitrogens with one attached hydrogen (secondary N) is 1. The summed E-state index contributed by atoms with van der Waals surface area (Å²) in [5.74, 6) is 0.872. The topological polar surface area (TPSA) is 84.8 Å². The average Bonchev–Trinajstić information content (AvgIpc) is 2.43. The molecule has 0 aliphatic heterocycles. The highest BCUT2D eigenvalue weighted by atomic mass is 35.5. The van der Waals surface area contributed by atoms with Crippen molar-refractivity contribution in [2.45, 2.75) is 31.0 Å². The third-order valence-corrected chi connectivity index (χ3v) is 5.16. The van der Waals surface area contributed by atoms with Crippen LogP contribution in [-0.4, -0.2) is 28.6 Å². The van der Waals surface area contributed by atoms with Crippen LogP contribution in [0.15, 0.2) is 29.6 Å². The Balaban J connectivity index is 2.49. The molecule has 0 aliphatic rings. The van der Waals surface area contributed by atoms with Crippen LogP contribution < -0.4 is 5.32 Å². The van der Waals surface area contributed by atoms with Crippen LogP contribution in [0.1, 0.15) is 19.7 Å². The molecule has 0 saturated carbocycles. The normalized spacial score (nSPS) is 11.7. The minimum absolute atomic E-state index is 0.0210. The first-order valence-electron chi connectivity index (χ1n) is 6.27. The summed E-state index contributed by atoms with van der Waals surface area (Å²) in [4.78, 5) is 12.1. The number of aromatic nitrogens is 3. The lowest BCUT2D eigenvalue weighted by Crippen LogP contribution is -2.17. The Morgan fingerprint density at radius 1 is 1.29 bits per heavy atom. The van der Waals surface area contributed by atoms with Gasteiger partial charge in [-0.15, -0.1) is 0 Å². The zero-order chi connectivity index (χ0) is 15.6. The van der Waals surface area contributed by atoms with E-state index < -0.39 is 15.1 Å². The fourth-order valence-corrected chi connectivity index (χ4v) is 2.82. The fourth-order valence-electron chi connectivity index (χ4n) is 1.61. The minimum Gasteiger partial charge on any atom is -0.337 e. The zero-order valence-electron chi connectivity index (χ0n) is 11.8. The van der Waals surface area contributed by atoms with Crippen LogP contribution in [0.5, 0.6) is 0 Å². The van der Waals surface area contributed by atoms with Gasteiger partial charge in [0, 0.05) is 6.20 Å². The van der Waals surface area contributed by atoms with E-state index in [1.807, 2.05) is 0 Å². The van der Waals surface area contributed by atoms with E-state index >= 15 is 0 Å². The zero-order valence-corrected chi connectivity index (χ0v) is 13.4. The van der Waals surface area contributed by atoms with E-state index in [1.54, 1.807) is 32.9 Å². The van der Waals surface area contributed by atoms with Gasteiger partial charge in [-0.05, 0) is 32.9 Å². The molecule has 0 spiro atoms. The molecule has 0 fully saturated rings. The molecule has 0 unspecified atom stereocenters. The summed E-state index contributed by atoms with van der Waals surface area (Å²) in [6, 6.07) is 3.26. The second-order valence-corrected chi connectivity index (χ2v) is 7.52. The van der Waals surface area contributed by atoms with Gasteiger partial charge in [-0.25, -0.2) is 23.4 Å². The number of nitrogens with zero attached hydrogens (tertiary/aromatic N) is 3. The number of halogens is 1. The molecule has 21 heavy (non-hydrogen) atoms. The predicted molar refractivity (Wildman–Crippen MR) is 81.6 cm³/mol. The van der Waals surface area contributed by atoms with Crippen molar-refractivity contribution in [3.05, 3.63) is 35.4 Å². The highest BCUT2D eigenvalue weighted by Gasteiger charge is 2.24. The molecule has 2 heterocycles. The number of sulfone groups is 1. The van der Waals surface area contributed by atoms with Gasteiger partial charge >= 0.3 is 0 Å². The van der Waals surface area contributed by atoms with Gasteiger partial charge < -0.3 is 5.32 Å². The molecule has 0 atom stereocenters. The van der Waals surface area contributed by atoms with Crippen molar-refractivity contribution in [2.24, 2.45) is 0 Å². The van der Waals surface area contributed by atoms with E-state index in [2.05, 4.69) is 20.3 Å². The molecule has 112 valence electrons. The van der Waals surface area contributed by atoms with Crippen molar-refractivity contribution in [3.63, 3.8) is 0 Å². The summed E-state index contributed by atoms with van der Waals surface area (Å²) in [6.45, 7) is 4.93. The molecule has 2 aromatic heterocycles. The summed E-state index contributed by atoms with van der Waals surface area (Å²) in [7, 11) is -3.51. The molecule has 0 aliphatic carbocycles. The number of rotatable bonds is 4. The summed E-state index contributed by atoms with van der Waals surface area (Å²) in [6.07, 6.45) is 2.90. The van der Waals surface area contributed by atoms with E-state index in [-0.39, 0.29) is 5.03 Å². The molecule has 0 saturated heterocycles. The van der Waals surface area contributed by atoms with E-state index in [1.165, 1.54) is 12.4 Å². The van der Waals surface area contributed by atoms with Gasteiger partial charge in [0.15, 0.2) is 20.7 Å². The second kappa shape index (κ2) is 5.95. The van der Waals surface area contributed by atoms with E-state index in [0.717, 1.165) is 0 Å². The van der Waals surface area contributed by atoms with Crippen LogP contribution in [0.25, 0.3) is 0 Å². The highest BCUT2D eigenvalue weighted by molar-refractivity contribution is 7.92. The lowest BCUT2D eigenvalue weighted by Gasteiger charge is -2.13. The first-order valence-corrected chi connectivity index (χ1v) is 8.20. The quantitative estimate of drug-likeness (QED) is 0.930. The number of hydrogen-bond donors (Lipinski definition) is 1. The molecular formula is C13H15ClN4O2S. The van der Waals surface area contributed by atoms with Crippen LogP contribution in [0.3, 0.4) is 0 Å². The van der Waals surface area contributed by atoms with Crippen LogP contribution in [0.4, 0.5) is 11.5 Å². The fraction of sp³-hybridized carbons (Fsp3) is 0.308. The van der Waals surface area contributed by atoms with Gasteiger partial charge in [-0.3, -0.25) is 0 Å². The summed E-state index contributed by atoms with van der Waals surface area (Å²) >= 11 is 6.02. The van der Waals surface area contributed by atoms with Gasteiger partial charge in [-0.1, -0.05) is 11.6 Å². The van der Waals surface area contributed by atoms with Crippen LogP contribution >= 0.6 is 11.6 Å². The molecule has 0 radical (unpaired) electrons. The van der Waals surface area contributed by atoms with Crippen molar-refractivity contribution in [1.82, 2.24) is 15.0 Å². The Kier molecular flexibility index (Phi) is 4.43. The third-order valence-electron chi connectivity index (χ3n) is 2.78. The highest BCUT2D eigenvalue weighted by Crippen LogP contribution is 2.27. The van der Waals surface area contributed by atoms with Crippen LogP contribution in [-0.2, 0) is 9.84 Å². The Morgan fingerprint density at radius 2 is 2.00 bits per heavy atom. The standard InChI is InChI=1S/C13H15ClN4O2S/c1-8(2)21(19,20)13-11(5-4-6-15-13)18-12-10(14)7-16-9(3)17-12/h4-8H,1-3H3,(H,16,17,18). The lowest BCUT2D eigenvalue weighted by molar-refractivity contribution is 0.584. The molecule has 0 amide bonds. The molecule has 2 aromatic rings. The van der Waals surface area contributed by atoms with Gasteiger partial charge in [-0.2, -0.15) is 0 Å². The van der Waals surface area contributed by atoms with Crippen molar-refractivity contribution >= 4 is 32.9 Å². The summed E-state index contributed by atoms with van der Waals surface area (Å²) < 4.78 is 24.7. The minimum atomic E-state index is -3.51. The first-order chi connectivity index (χ1) is 9.82. The van der Waals surface area contributed by atoms with E-state index in [9.17, 15) is 8.42 Å². The Morgan fingerprint density at radius 3 is 2.67 bits per heavy atom. The average molecular weight is 327 g/mol. The molecule has 1 N–H and O–H groups in total. The van der Waals surface area contributed by atoms with Gasteiger partial charge in [0.1, 0.15) is 10.8 Å². The maximum atomic E-state index is 12.3. The van der Waals surface area contributed by atoms with Gasteiger partial charge in [0.25, 0.3) is 0 Å². The van der Waals surface area contributed by atoms with Crippen molar-refractivity contribution in [3.8, 4) is 0 Å². The van der Waals surface area contributed by atoms with E-state index in [4.69, 9.17) is 11.6 Å². The predicted octanol–water partition coefficient (Wildman–Crippen LogP) is 2.76. The SMILES string of the molecule is Cc1ncc(Cl)c(Nc2cccnc2S(=O)(=O)C(C)C)n1. The van der Waals surface area contributed by atoms with Gasteiger partial charge in [0.05, 0.1) is 17.1 Å². The molecule has 8 heteroatoms. The van der Waals surface area contributed by atoms with Crippen molar-refractivity contribution in [2.75, 3.05) is 5.32 Å². The first kappa shape index (κ1) is 15.7. The lowest BCUT2D eigenvalue weighted by atomic mass is 10.4. The van der Waals surface area contributed by atoms with Crippen molar-refractivity contribution < 1.29 is 8.42 Å².